The number of pyridine rings is 1. The van der Waals surface area contributed by atoms with Crippen molar-refractivity contribution in [1.82, 2.24) is 14.5 Å². The van der Waals surface area contributed by atoms with Crippen LogP contribution in [0.1, 0.15) is 51.2 Å². The summed E-state index contributed by atoms with van der Waals surface area (Å²) < 4.78 is 1.80. The molecule has 42 heavy (non-hydrogen) atoms. The lowest BCUT2D eigenvalue weighted by Gasteiger charge is -2.27. The molecule has 7 heteroatoms. The standard InChI is InChI=1S/C35H39N5O2/c1-35(2,3)28-14-13-27(20-31(28)38-32(41)23-39-17-5-4-6-18-39)40-22-26-9-7-11-30(33(26)34(40)42)37-21-24-12-15-29-25(19-24)10-8-16-36-29/h7-16,19-20,22,37,42H,4-6,17-18,21,23H2,1-3H3,(H,38,41). The molecule has 0 saturated carbocycles. The second-order valence-corrected chi connectivity index (χ2v) is 12.3. The Balaban J connectivity index is 1.29. The summed E-state index contributed by atoms with van der Waals surface area (Å²) in [4.78, 5) is 19.7. The minimum atomic E-state index is -0.161. The molecule has 216 valence electrons. The lowest BCUT2D eigenvalue weighted by molar-refractivity contribution is -0.117. The molecule has 0 radical (unpaired) electrons. The highest BCUT2D eigenvalue weighted by Gasteiger charge is 2.22. The Morgan fingerprint density at radius 3 is 2.55 bits per heavy atom. The Labute approximate surface area is 247 Å². The van der Waals surface area contributed by atoms with E-state index in [0.717, 1.165) is 75.8 Å². The summed E-state index contributed by atoms with van der Waals surface area (Å²) in [7, 11) is 0. The van der Waals surface area contributed by atoms with Crippen molar-refractivity contribution in [3.8, 4) is 11.6 Å². The maximum atomic E-state index is 13.1. The number of anilines is 2. The molecule has 1 amide bonds. The molecule has 1 aliphatic rings. The number of aromatic hydroxyl groups is 1. The Morgan fingerprint density at radius 2 is 1.74 bits per heavy atom. The van der Waals surface area contributed by atoms with Gasteiger partial charge in [0, 0.05) is 41.1 Å². The first kappa shape index (κ1) is 27.8. The molecule has 1 fully saturated rings. The molecule has 5 aromatic rings. The fourth-order valence-electron chi connectivity index (χ4n) is 5.97. The first-order valence-electron chi connectivity index (χ1n) is 14.8. The number of piperidine rings is 1. The van der Waals surface area contributed by atoms with Gasteiger partial charge in [-0.2, -0.15) is 0 Å². The second-order valence-electron chi connectivity index (χ2n) is 12.3. The minimum absolute atomic E-state index is 0.00241. The maximum Gasteiger partial charge on any atom is 0.238 e. The minimum Gasteiger partial charge on any atom is -0.494 e. The number of carbonyl (C=O) groups excluding carboxylic acids is 1. The van der Waals surface area contributed by atoms with E-state index in [1.54, 1.807) is 10.8 Å². The molecule has 0 unspecified atom stereocenters. The van der Waals surface area contributed by atoms with Gasteiger partial charge in [0.1, 0.15) is 0 Å². The number of rotatable bonds is 7. The highest BCUT2D eigenvalue weighted by molar-refractivity contribution is 5.99. The second kappa shape index (κ2) is 11.5. The van der Waals surface area contributed by atoms with Crippen molar-refractivity contribution in [2.75, 3.05) is 30.3 Å². The van der Waals surface area contributed by atoms with Crippen molar-refractivity contribution >= 4 is 39.0 Å². The van der Waals surface area contributed by atoms with E-state index in [1.165, 1.54) is 6.42 Å². The van der Waals surface area contributed by atoms with Crippen LogP contribution in [0.4, 0.5) is 11.4 Å². The van der Waals surface area contributed by atoms with Crippen molar-refractivity contribution in [2.24, 2.45) is 0 Å². The highest BCUT2D eigenvalue weighted by atomic mass is 16.3. The van der Waals surface area contributed by atoms with Crippen molar-refractivity contribution in [3.05, 3.63) is 90.3 Å². The van der Waals surface area contributed by atoms with Crippen LogP contribution in [0.25, 0.3) is 27.4 Å². The number of hydrogen-bond acceptors (Lipinski definition) is 5. The SMILES string of the molecule is CC(C)(C)c1ccc(-n2cc3cccc(NCc4ccc5ncccc5c4)c3c2O)cc1NC(=O)CN1CCCCC1. The number of benzene rings is 3. The first-order chi connectivity index (χ1) is 20.3. The van der Waals surface area contributed by atoms with E-state index in [1.807, 2.05) is 48.7 Å². The third kappa shape index (κ3) is 5.83. The molecule has 3 heterocycles. The van der Waals surface area contributed by atoms with E-state index in [-0.39, 0.29) is 17.2 Å². The zero-order valence-corrected chi connectivity index (χ0v) is 24.7. The summed E-state index contributed by atoms with van der Waals surface area (Å²) >= 11 is 0. The van der Waals surface area contributed by atoms with Gasteiger partial charge in [-0.05, 0) is 78.9 Å². The van der Waals surface area contributed by atoms with E-state index in [9.17, 15) is 9.90 Å². The molecule has 1 aliphatic heterocycles. The molecule has 0 spiro atoms. The molecule has 0 bridgehead atoms. The smallest absolute Gasteiger partial charge is 0.238 e. The van der Waals surface area contributed by atoms with Crippen LogP contribution in [-0.2, 0) is 16.8 Å². The molecule has 3 aromatic carbocycles. The zero-order chi connectivity index (χ0) is 29.3. The fraction of sp³-hybridized carbons (Fsp3) is 0.314. The first-order valence-corrected chi connectivity index (χ1v) is 14.8. The van der Waals surface area contributed by atoms with Crippen LogP contribution in [0.5, 0.6) is 5.88 Å². The number of fused-ring (bicyclic) bond motifs is 2. The van der Waals surface area contributed by atoms with Crippen LogP contribution in [0, 0.1) is 0 Å². The molecular weight excluding hydrogens is 522 g/mol. The Morgan fingerprint density at radius 1 is 0.929 bits per heavy atom. The van der Waals surface area contributed by atoms with Crippen LogP contribution < -0.4 is 10.6 Å². The average Bonchev–Trinajstić information content (AvgIpc) is 3.32. The Kier molecular flexibility index (Phi) is 7.60. The van der Waals surface area contributed by atoms with Crippen LogP contribution in [-0.4, -0.2) is 45.1 Å². The van der Waals surface area contributed by atoms with Crippen LogP contribution in [0.2, 0.25) is 0 Å². The monoisotopic (exact) mass is 561 g/mol. The zero-order valence-electron chi connectivity index (χ0n) is 24.7. The number of likely N-dealkylation sites (tertiary alicyclic amines) is 1. The van der Waals surface area contributed by atoms with E-state index in [2.05, 4.69) is 65.6 Å². The number of amides is 1. The molecule has 0 aliphatic carbocycles. The summed E-state index contributed by atoms with van der Waals surface area (Å²) in [6.07, 6.45) is 7.28. The molecule has 1 saturated heterocycles. The molecule has 7 nitrogen and oxygen atoms in total. The third-order valence-corrected chi connectivity index (χ3v) is 8.15. The lowest BCUT2D eigenvalue weighted by atomic mass is 9.85. The van der Waals surface area contributed by atoms with Gasteiger partial charge in [0.25, 0.3) is 0 Å². The van der Waals surface area contributed by atoms with Crippen molar-refractivity contribution in [1.29, 1.82) is 0 Å². The van der Waals surface area contributed by atoms with Crippen molar-refractivity contribution < 1.29 is 9.90 Å². The number of nitrogens with zero attached hydrogens (tertiary/aromatic N) is 3. The van der Waals surface area contributed by atoms with Gasteiger partial charge in [-0.3, -0.25) is 19.2 Å². The summed E-state index contributed by atoms with van der Waals surface area (Å²) in [6, 6.07) is 22.3. The molecule has 6 rings (SSSR count). The van der Waals surface area contributed by atoms with Crippen LogP contribution in [0.15, 0.2) is 79.1 Å². The molecular formula is C35H39N5O2. The predicted molar refractivity (Wildman–Crippen MR) is 172 cm³/mol. The van der Waals surface area contributed by atoms with Gasteiger partial charge in [0.15, 0.2) is 0 Å². The van der Waals surface area contributed by atoms with Gasteiger partial charge in [0.05, 0.1) is 23.1 Å². The van der Waals surface area contributed by atoms with Gasteiger partial charge < -0.3 is 15.7 Å². The quantitative estimate of drug-likeness (QED) is 0.195. The fourth-order valence-corrected chi connectivity index (χ4v) is 5.97. The average molecular weight is 562 g/mol. The summed E-state index contributed by atoms with van der Waals surface area (Å²) in [5.41, 5.74) is 5.43. The predicted octanol–water partition coefficient (Wildman–Crippen LogP) is 7.22. The van der Waals surface area contributed by atoms with Crippen LogP contribution >= 0.6 is 0 Å². The molecule has 2 aromatic heterocycles. The van der Waals surface area contributed by atoms with E-state index < -0.39 is 0 Å². The van der Waals surface area contributed by atoms with Crippen molar-refractivity contribution in [3.63, 3.8) is 0 Å². The van der Waals surface area contributed by atoms with Gasteiger partial charge in [-0.1, -0.05) is 57.5 Å². The number of hydrogen-bond donors (Lipinski definition) is 3. The summed E-state index contributed by atoms with van der Waals surface area (Å²) in [5, 5.41) is 21.0. The highest BCUT2D eigenvalue weighted by Crippen LogP contribution is 2.38. The van der Waals surface area contributed by atoms with E-state index in [0.29, 0.717) is 13.1 Å². The maximum absolute atomic E-state index is 13.1. The number of nitrogens with one attached hydrogen (secondary N) is 2. The van der Waals surface area contributed by atoms with Crippen molar-refractivity contribution in [2.45, 2.75) is 52.0 Å². The summed E-state index contributed by atoms with van der Waals surface area (Å²) in [5.74, 6) is 0.155. The largest absolute Gasteiger partial charge is 0.494 e. The van der Waals surface area contributed by atoms with Gasteiger partial charge in [-0.15, -0.1) is 0 Å². The number of carbonyl (C=O) groups is 1. The third-order valence-electron chi connectivity index (χ3n) is 8.15. The normalized spacial score (nSPS) is 14.4. The van der Waals surface area contributed by atoms with E-state index in [4.69, 9.17) is 0 Å². The lowest BCUT2D eigenvalue weighted by Crippen LogP contribution is -2.37. The van der Waals surface area contributed by atoms with Gasteiger partial charge in [-0.25, -0.2) is 0 Å². The Hall–Kier alpha value is -4.36. The molecule has 3 N–H and O–H groups in total. The topological polar surface area (TPSA) is 82.4 Å². The molecule has 0 atom stereocenters. The van der Waals surface area contributed by atoms with Gasteiger partial charge in [0.2, 0.25) is 11.8 Å². The Bertz CT molecular complexity index is 1740. The summed E-state index contributed by atoms with van der Waals surface area (Å²) in [6.45, 7) is 9.39. The van der Waals surface area contributed by atoms with Crippen LogP contribution in [0.3, 0.4) is 0 Å². The number of aromatic nitrogens is 2. The van der Waals surface area contributed by atoms with E-state index >= 15 is 0 Å². The van der Waals surface area contributed by atoms with Gasteiger partial charge >= 0.3 is 0 Å².